The van der Waals surface area contributed by atoms with Gasteiger partial charge in [-0.1, -0.05) is 0 Å². The third-order valence-corrected chi connectivity index (χ3v) is 5.56. The molecule has 2 aliphatic rings. The normalized spacial score (nSPS) is 22.4. The van der Waals surface area contributed by atoms with Gasteiger partial charge in [0.25, 0.3) is 0 Å². The molecule has 2 amide bonds. The van der Waals surface area contributed by atoms with Gasteiger partial charge in [-0.3, -0.25) is 24.0 Å². The second kappa shape index (κ2) is 8.72. The number of amides is 2. The highest BCUT2D eigenvalue weighted by molar-refractivity contribution is 5.86. The van der Waals surface area contributed by atoms with Gasteiger partial charge in [-0.15, -0.1) is 0 Å². The van der Waals surface area contributed by atoms with E-state index in [1.54, 1.807) is 37.1 Å². The Morgan fingerprint density at radius 3 is 2.57 bits per heavy atom. The molecule has 1 unspecified atom stereocenters. The summed E-state index contributed by atoms with van der Waals surface area (Å²) >= 11 is 0. The van der Waals surface area contributed by atoms with Crippen LogP contribution in [0.5, 0.6) is 0 Å². The van der Waals surface area contributed by atoms with Gasteiger partial charge in [-0.25, -0.2) is 0 Å². The predicted octanol–water partition coefficient (Wildman–Crippen LogP) is 0.346. The van der Waals surface area contributed by atoms with Gasteiger partial charge in [0.15, 0.2) is 0 Å². The third kappa shape index (κ3) is 5.31. The van der Waals surface area contributed by atoms with Crippen LogP contribution in [-0.4, -0.2) is 81.2 Å². The fraction of sp³-hybridized carbons (Fsp3) is 0.684. The molecular weight excluding hydrogens is 362 g/mol. The minimum absolute atomic E-state index is 0.00742. The number of aromatic nitrogens is 2. The van der Waals surface area contributed by atoms with Crippen molar-refractivity contribution in [1.29, 1.82) is 0 Å². The van der Waals surface area contributed by atoms with E-state index in [-0.39, 0.29) is 37.0 Å². The maximum Gasteiger partial charge on any atom is 0.317 e. The van der Waals surface area contributed by atoms with Gasteiger partial charge in [-0.05, 0) is 44.6 Å². The number of nitrogens with one attached hydrogen (secondary N) is 1. The second-order valence-electron chi connectivity index (χ2n) is 8.01. The number of hydrogen-bond acceptors (Lipinski definition) is 5. The van der Waals surface area contributed by atoms with Crippen LogP contribution in [0.4, 0.5) is 0 Å². The Morgan fingerprint density at radius 2 is 2.00 bits per heavy atom. The number of aliphatic carboxylic acids is 1. The Bertz CT molecular complexity index is 697. The molecule has 2 saturated carbocycles. The van der Waals surface area contributed by atoms with Crippen molar-refractivity contribution >= 4 is 17.8 Å². The first-order valence-corrected chi connectivity index (χ1v) is 9.82. The highest BCUT2D eigenvalue weighted by atomic mass is 16.4. The van der Waals surface area contributed by atoms with Gasteiger partial charge in [0.1, 0.15) is 6.04 Å². The zero-order valence-corrected chi connectivity index (χ0v) is 16.5. The van der Waals surface area contributed by atoms with Crippen molar-refractivity contribution < 1.29 is 19.5 Å². The van der Waals surface area contributed by atoms with Crippen molar-refractivity contribution in [2.75, 3.05) is 26.7 Å². The van der Waals surface area contributed by atoms with Crippen LogP contribution in [0.3, 0.4) is 0 Å². The number of carbonyl (C=O) groups is 3. The number of nitrogens with zero attached hydrogens (tertiary/aromatic N) is 4. The average molecular weight is 391 g/mol. The summed E-state index contributed by atoms with van der Waals surface area (Å²) in [6.07, 6.45) is 7.21. The van der Waals surface area contributed by atoms with Gasteiger partial charge in [0, 0.05) is 38.1 Å². The molecule has 2 aliphatic carbocycles. The zero-order valence-electron chi connectivity index (χ0n) is 16.5. The van der Waals surface area contributed by atoms with Crippen molar-refractivity contribution in [2.24, 2.45) is 5.92 Å². The molecule has 154 valence electrons. The minimum atomic E-state index is -0.806. The summed E-state index contributed by atoms with van der Waals surface area (Å²) in [6.45, 7) is 2.63. The van der Waals surface area contributed by atoms with Crippen LogP contribution in [0.15, 0.2) is 18.5 Å². The Labute approximate surface area is 164 Å². The lowest BCUT2D eigenvalue weighted by Crippen LogP contribution is -2.56. The number of carboxylic acids is 1. The van der Waals surface area contributed by atoms with Gasteiger partial charge in [-0.2, -0.15) is 5.10 Å². The molecule has 1 aromatic heterocycles. The van der Waals surface area contributed by atoms with Gasteiger partial charge in [0.2, 0.25) is 11.8 Å². The smallest absolute Gasteiger partial charge is 0.317 e. The predicted molar refractivity (Wildman–Crippen MR) is 101 cm³/mol. The van der Waals surface area contributed by atoms with Crippen LogP contribution < -0.4 is 5.32 Å². The van der Waals surface area contributed by atoms with E-state index < -0.39 is 12.0 Å². The molecule has 1 atom stereocenters. The van der Waals surface area contributed by atoms with Crippen molar-refractivity contribution in [3.8, 4) is 0 Å². The SMILES string of the molecule is CC(C(=O)N(C)CC(=O)NC1CC(N(CC(=O)O)CC2CC2)C1)n1cccn1. The van der Waals surface area contributed by atoms with E-state index in [4.69, 9.17) is 5.11 Å². The fourth-order valence-electron chi connectivity index (χ4n) is 3.66. The molecule has 0 aliphatic heterocycles. The van der Waals surface area contributed by atoms with E-state index in [0.29, 0.717) is 5.92 Å². The van der Waals surface area contributed by atoms with E-state index >= 15 is 0 Å². The van der Waals surface area contributed by atoms with E-state index in [9.17, 15) is 14.4 Å². The summed E-state index contributed by atoms with van der Waals surface area (Å²) in [5.41, 5.74) is 0. The highest BCUT2D eigenvalue weighted by Crippen LogP contribution is 2.33. The van der Waals surface area contributed by atoms with Crippen molar-refractivity contribution in [1.82, 2.24) is 24.9 Å². The van der Waals surface area contributed by atoms with Gasteiger partial charge >= 0.3 is 5.97 Å². The quantitative estimate of drug-likeness (QED) is 0.596. The number of carbonyl (C=O) groups excluding carboxylic acids is 2. The minimum Gasteiger partial charge on any atom is -0.480 e. The molecule has 0 saturated heterocycles. The summed E-state index contributed by atoms with van der Waals surface area (Å²) < 4.78 is 1.56. The van der Waals surface area contributed by atoms with Crippen LogP contribution >= 0.6 is 0 Å². The van der Waals surface area contributed by atoms with Gasteiger partial charge < -0.3 is 15.3 Å². The van der Waals surface area contributed by atoms with Crippen LogP contribution in [0.25, 0.3) is 0 Å². The summed E-state index contributed by atoms with van der Waals surface area (Å²) in [5, 5.41) is 16.1. The molecule has 9 nitrogen and oxygen atoms in total. The molecular formula is C19H29N5O4. The molecule has 1 aromatic rings. The maximum absolute atomic E-state index is 12.4. The third-order valence-electron chi connectivity index (χ3n) is 5.56. The Morgan fingerprint density at radius 1 is 1.29 bits per heavy atom. The van der Waals surface area contributed by atoms with Crippen molar-refractivity contribution in [3.63, 3.8) is 0 Å². The highest BCUT2D eigenvalue weighted by Gasteiger charge is 2.37. The van der Waals surface area contributed by atoms with Crippen LogP contribution in [0.1, 0.15) is 38.6 Å². The lowest BCUT2D eigenvalue weighted by atomic mass is 9.85. The Kier molecular flexibility index (Phi) is 6.33. The second-order valence-corrected chi connectivity index (χ2v) is 8.01. The Hall–Kier alpha value is -2.42. The number of rotatable bonds is 10. The molecule has 2 fully saturated rings. The van der Waals surface area contributed by atoms with E-state index in [1.807, 2.05) is 4.90 Å². The molecule has 0 spiro atoms. The summed E-state index contributed by atoms with van der Waals surface area (Å²) in [7, 11) is 1.61. The number of carboxylic acid groups (broad SMARTS) is 1. The molecule has 9 heteroatoms. The van der Waals surface area contributed by atoms with Crippen molar-refractivity contribution in [2.45, 2.75) is 50.7 Å². The monoisotopic (exact) mass is 391 g/mol. The topological polar surface area (TPSA) is 108 Å². The van der Waals surface area contributed by atoms with Crippen LogP contribution in [0.2, 0.25) is 0 Å². The molecule has 28 heavy (non-hydrogen) atoms. The first kappa shape index (κ1) is 20.3. The zero-order chi connectivity index (χ0) is 20.3. The van der Waals surface area contributed by atoms with Crippen LogP contribution in [0, 0.1) is 5.92 Å². The average Bonchev–Trinajstić information content (AvgIpc) is 3.24. The number of hydrogen-bond donors (Lipinski definition) is 2. The van der Waals surface area contributed by atoms with E-state index in [1.165, 1.54) is 17.7 Å². The van der Waals surface area contributed by atoms with Crippen molar-refractivity contribution in [3.05, 3.63) is 18.5 Å². The Balaban J connectivity index is 1.40. The van der Waals surface area contributed by atoms with Crippen LogP contribution in [-0.2, 0) is 14.4 Å². The number of likely N-dealkylation sites (N-methyl/N-ethyl adjacent to an activating group) is 1. The molecule has 3 rings (SSSR count). The van der Waals surface area contributed by atoms with E-state index in [2.05, 4.69) is 10.4 Å². The van der Waals surface area contributed by atoms with E-state index in [0.717, 1.165) is 19.4 Å². The molecule has 0 bridgehead atoms. The largest absolute Gasteiger partial charge is 0.480 e. The summed E-state index contributed by atoms with van der Waals surface area (Å²) in [5.74, 6) is -0.551. The fourth-order valence-corrected chi connectivity index (χ4v) is 3.66. The first-order chi connectivity index (χ1) is 13.3. The van der Waals surface area contributed by atoms with Gasteiger partial charge in [0.05, 0.1) is 13.1 Å². The molecule has 0 aromatic carbocycles. The lowest BCUT2D eigenvalue weighted by molar-refractivity contribution is -0.140. The summed E-state index contributed by atoms with van der Waals surface area (Å²) in [6, 6.07) is 1.54. The molecule has 2 N–H and O–H groups in total. The molecule has 1 heterocycles. The molecule has 0 radical (unpaired) electrons. The first-order valence-electron chi connectivity index (χ1n) is 9.82. The lowest BCUT2D eigenvalue weighted by Gasteiger charge is -2.42. The summed E-state index contributed by atoms with van der Waals surface area (Å²) in [4.78, 5) is 39.2. The standard InChI is InChI=1S/C19H29N5O4/c1-13(24-7-3-6-20-24)19(28)22(2)11-17(25)21-15-8-16(9-15)23(12-18(26)27)10-14-4-5-14/h3,6-7,13-16H,4-5,8-12H2,1-2H3,(H,21,25)(H,26,27). The maximum atomic E-state index is 12.4.